The predicted octanol–water partition coefficient (Wildman–Crippen LogP) is 1.69. The van der Waals surface area contributed by atoms with Gasteiger partial charge in [-0.05, 0) is 56.3 Å². The fraction of sp³-hybridized carbons (Fsp3) is 0.611. The summed E-state index contributed by atoms with van der Waals surface area (Å²) in [4.78, 5) is 12.3. The van der Waals surface area contributed by atoms with Crippen molar-refractivity contribution in [1.29, 1.82) is 0 Å². The second kappa shape index (κ2) is 9.69. The van der Waals surface area contributed by atoms with E-state index in [1.807, 2.05) is 12.1 Å². The third-order valence-electron chi connectivity index (χ3n) is 4.97. The maximum atomic E-state index is 12.5. The Kier molecular flexibility index (Phi) is 7.88. The lowest BCUT2D eigenvalue weighted by atomic mass is 10.1. The van der Waals surface area contributed by atoms with Crippen LogP contribution >= 0.6 is 12.4 Å². The van der Waals surface area contributed by atoms with Gasteiger partial charge in [-0.3, -0.25) is 4.79 Å². The van der Waals surface area contributed by atoms with Gasteiger partial charge in [-0.1, -0.05) is 12.1 Å². The summed E-state index contributed by atoms with van der Waals surface area (Å²) in [6.07, 6.45) is 5.20. The Balaban J connectivity index is 0.00000243. The molecule has 2 fully saturated rings. The largest absolute Gasteiger partial charge is 0.355 e. The van der Waals surface area contributed by atoms with Crippen LogP contribution in [0.2, 0.25) is 0 Å². The molecule has 146 valence electrons. The summed E-state index contributed by atoms with van der Waals surface area (Å²) >= 11 is 0. The van der Waals surface area contributed by atoms with E-state index in [1.54, 1.807) is 16.4 Å². The number of carbonyl (C=O) groups excluding carboxylic acids is 1. The second-order valence-electron chi connectivity index (χ2n) is 6.85. The molecule has 0 spiro atoms. The minimum atomic E-state index is -3.36. The van der Waals surface area contributed by atoms with Crippen molar-refractivity contribution >= 4 is 28.3 Å². The molecule has 26 heavy (non-hydrogen) atoms. The summed E-state index contributed by atoms with van der Waals surface area (Å²) < 4.78 is 26.5. The Hall–Kier alpha value is -1.15. The van der Waals surface area contributed by atoms with Crippen LogP contribution in [-0.2, 0) is 21.2 Å². The highest BCUT2D eigenvalue weighted by Crippen LogP contribution is 2.21. The molecule has 0 aliphatic carbocycles. The van der Waals surface area contributed by atoms with Crippen LogP contribution in [0.5, 0.6) is 0 Å². The standard InChI is InChI=1S/C18H27N3O3S.ClH/c22-18(20-14-16-4-3-11-19-16)10-7-15-5-8-17(9-6-15)25(23,24)21-12-1-2-13-21;/h5-6,8-9,16,19H,1-4,7,10-14H2,(H,20,22);1H. The summed E-state index contributed by atoms with van der Waals surface area (Å²) in [7, 11) is -3.36. The van der Waals surface area contributed by atoms with Gasteiger partial charge in [0, 0.05) is 32.1 Å². The molecule has 0 saturated carbocycles. The van der Waals surface area contributed by atoms with Crippen LogP contribution in [0.25, 0.3) is 0 Å². The van der Waals surface area contributed by atoms with Gasteiger partial charge < -0.3 is 10.6 Å². The van der Waals surface area contributed by atoms with Crippen molar-refractivity contribution in [2.75, 3.05) is 26.2 Å². The van der Waals surface area contributed by atoms with Crippen LogP contribution in [0.4, 0.5) is 0 Å². The van der Waals surface area contributed by atoms with Gasteiger partial charge in [0.15, 0.2) is 0 Å². The number of benzene rings is 1. The summed E-state index contributed by atoms with van der Waals surface area (Å²) in [6.45, 7) is 2.94. The van der Waals surface area contributed by atoms with E-state index in [9.17, 15) is 13.2 Å². The summed E-state index contributed by atoms with van der Waals surface area (Å²) in [5, 5.41) is 6.32. The molecule has 1 amide bonds. The molecule has 2 N–H and O–H groups in total. The third kappa shape index (κ3) is 5.42. The molecular formula is C18H28ClN3O3S. The van der Waals surface area contributed by atoms with Gasteiger partial charge in [0.25, 0.3) is 0 Å². The fourth-order valence-corrected chi connectivity index (χ4v) is 4.94. The van der Waals surface area contributed by atoms with Gasteiger partial charge in [-0.25, -0.2) is 8.42 Å². The Morgan fingerprint density at radius 3 is 2.46 bits per heavy atom. The molecule has 1 aromatic carbocycles. The van der Waals surface area contributed by atoms with E-state index < -0.39 is 10.0 Å². The maximum absolute atomic E-state index is 12.5. The molecule has 1 atom stereocenters. The van der Waals surface area contributed by atoms with Gasteiger partial charge in [0.2, 0.25) is 15.9 Å². The van der Waals surface area contributed by atoms with Crippen LogP contribution in [0.3, 0.4) is 0 Å². The Bertz CT molecular complexity index is 682. The quantitative estimate of drug-likeness (QED) is 0.728. The Morgan fingerprint density at radius 2 is 1.85 bits per heavy atom. The Labute approximate surface area is 162 Å². The average molecular weight is 402 g/mol. The van der Waals surface area contributed by atoms with Crippen molar-refractivity contribution in [2.24, 2.45) is 0 Å². The number of rotatable bonds is 7. The van der Waals surface area contributed by atoms with Crippen LogP contribution in [-0.4, -0.2) is 50.9 Å². The van der Waals surface area contributed by atoms with E-state index in [2.05, 4.69) is 10.6 Å². The predicted molar refractivity (Wildman–Crippen MR) is 104 cm³/mol. The van der Waals surface area contributed by atoms with Crippen LogP contribution in [0.1, 0.15) is 37.7 Å². The van der Waals surface area contributed by atoms with Crippen LogP contribution < -0.4 is 10.6 Å². The van der Waals surface area contributed by atoms with E-state index in [0.717, 1.165) is 31.4 Å². The summed E-state index contributed by atoms with van der Waals surface area (Å²) in [5.74, 6) is 0.0439. The first-order chi connectivity index (χ1) is 12.1. The maximum Gasteiger partial charge on any atom is 0.243 e. The number of aryl methyl sites for hydroxylation is 1. The molecule has 0 bridgehead atoms. The number of hydrogen-bond acceptors (Lipinski definition) is 4. The monoisotopic (exact) mass is 401 g/mol. The zero-order valence-corrected chi connectivity index (χ0v) is 16.6. The normalized spacial score (nSPS) is 20.7. The number of carbonyl (C=O) groups is 1. The number of nitrogens with zero attached hydrogens (tertiary/aromatic N) is 1. The molecule has 2 aliphatic heterocycles. The lowest BCUT2D eigenvalue weighted by molar-refractivity contribution is -0.121. The molecule has 8 heteroatoms. The zero-order valence-electron chi connectivity index (χ0n) is 14.9. The van der Waals surface area contributed by atoms with Gasteiger partial charge in [0.1, 0.15) is 0 Å². The zero-order chi connectivity index (χ0) is 17.7. The molecule has 0 aromatic heterocycles. The van der Waals surface area contributed by atoms with E-state index in [0.29, 0.717) is 43.4 Å². The number of halogens is 1. The molecule has 0 radical (unpaired) electrons. The average Bonchev–Trinajstić information content (AvgIpc) is 3.32. The highest BCUT2D eigenvalue weighted by molar-refractivity contribution is 7.89. The van der Waals surface area contributed by atoms with E-state index in [4.69, 9.17) is 0 Å². The molecule has 1 unspecified atom stereocenters. The molecular weight excluding hydrogens is 374 g/mol. The number of amides is 1. The highest BCUT2D eigenvalue weighted by atomic mass is 35.5. The van der Waals surface area contributed by atoms with Crippen molar-refractivity contribution in [3.05, 3.63) is 29.8 Å². The fourth-order valence-electron chi connectivity index (χ4n) is 3.42. The SMILES string of the molecule is Cl.O=C(CCc1ccc(S(=O)(=O)N2CCCC2)cc1)NCC1CCCN1. The topological polar surface area (TPSA) is 78.5 Å². The van der Waals surface area contributed by atoms with Gasteiger partial charge in [-0.15, -0.1) is 12.4 Å². The van der Waals surface area contributed by atoms with Crippen LogP contribution in [0, 0.1) is 0 Å². The first kappa shape index (κ1) is 21.2. The van der Waals surface area contributed by atoms with Crippen molar-refractivity contribution in [2.45, 2.75) is 49.5 Å². The summed E-state index contributed by atoms with van der Waals surface area (Å²) in [5.41, 5.74) is 0.981. The van der Waals surface area contributed by atoms with E-state index in [1.165, 1.54) is 6.42 Å². The molecule has 2 aliphatic rings. The Morgan fingerprint density at radius 1 is 1.15 bits per heavy atom. The van der Waals surface area contributed by atoms with E-state index in [-0.39, 0.29) is 18.3 Å². The van der Waals surface area contributed by atoms with E-state index >= 15 is 0 Å². The summed E-state index contributed by atoms with van der Waals surface area (Å²) in [6, 6.07) is 7.34. The lowest BCUT2D eigenvalue weighted by Crippen LogP contribution is -2.37. The van der Waals surface area contributed by atoms with Gasteiger partial charge in [0.05, 0.1) is 4.90 Å². The number of hydrogen-bond donors (Lipinski definition) is 2. The van der Waals surface area contributed by atoms with Gasteiger partial charge >= 0.3 is 0 Å². The lowest BCUT2D eigenvalue weighted by Gasteiger charge is -2.15. The number of nitrogens with one attached hydrogen (secondary N) is 2. The minimum absolute atomic E-state index is 0. The first-order valence-corrected chi connectivity index (χ1v) is 10.6. The third-order valence-corrected chi connectivity index (χ3v) is 6.89. The molecule has 6 nitrogen and oxygen atoms in total. The van der Waals surface area contributed by atoms with Crippen LogP contribution in [0.15, 0.2) is 29.2 Å². The molecule has 3 rings (SSSR count). The van der Waals surface area contributed by atoms with Crippen molar-refractivity contribution in [3.8, 4) is 0 Å². The first-order valence-electron chi connectivity index (χ1n) is 9.15. The van der Waals surface area contributed by atoms with Gasteiger partial charge in [-0.2, -0.15) is 4.31 Å². The molecule has 2 heterocycles. The smallest absolute Gasteiger partial charge is 0.243 e. The second-order valence-corrected chi connectivity index (χ2v) is 8.79. The van der Waals surface area contributed by atoms with Crippen molar-refractivity contribution < 1.29 is 13.2 Å². The number of sulfonamides is 1. The minimum Gasteiger partial charge on any atom is -0.355 e. The molecule has 2 saturated heterocycles. The highest BCUT2D eigenvalue weighted by Gasteiger charge is 2.26. The molecule has 1 aromatic rings. The van der Waals surface area contributed by atoms with Crippen molar-refractivity contribution in [1.82, 2.24) is 14.9 Å². The van der Waals surface area contributed by atoms with Crippen molar-refractivity contribution in [3.63, 3.8) is 0 Å².